The van der Waals surface area contributed by atoms with Crippen LogP contribution in [0.1, 0.15) is 12.0 Å². The van der Waals surface area contributed by atoms with Crippen LogP contribution in [0.4, 0.5) is 0 Å². The van der Waals surface area contributed by atoms with Crippen LogP contribution in [0.2, 0.25) is 0 Å². The van der Waals surface area contributed by atoms with Crippen molar-refractivity contribution in [2.24, 2.45) is 0 Å². The first-order valence-electron chi connectivity index (χ1n) is 6.25. The number of halogens is 1. The average Bonchev–Trinajstić information content (AvgIpc) is 2.78. The van der Waals surface area contributed by atoms with Gasteiger partial charge in [0.1, 0.15) is 0 Å². The molecule has 6 heteroatoms. The number of sulfonamides is 1. The molecule has 4 nitrogen and oxygen atoms in total. The van der Waals surface area contributed by atoms with Crippen molar-refractivity contribution in [3.63, 3.8) is 0 Å². The van der Waals surface area contributed by atoms with E-state index in [9.17, 15) is 8.42 Å². The molecule has 1 atom stereocenters. The van der Waals surface area contributed by atoms with E-state index in [-0.39, 0.29) is 0 Å². The van der Waals surface area contributed by atoms with E-state index in [4.69, 9.17) is 0 Å². The lowest BCUT2D eigenvalue weighted by atomic mass is 10.2. The highest BCUT2D eigenvalue weighted by atomic mass is 79.9. The van der Waals surface area contributed by atoms with Gasteiger partial charge in [0.05, 0.1) is 4.90 Å². The summed E-state index contributed by atoms with van der Waals surface area (Å²) in [6.45, 7) is 3.10. The molecule has 1 saturated heterocycles. The molecule has 1 heterocycles. The summed E-state index contributed by atoms with van der Waals surface area (Å²) in [6.07, 6.45) is 0.885. The largest absolute Gasteiger partial charge is 0.305 e. The Bertz CT molecular complexity index is 572. The maximum Gasteiger partial charge on any atom is 0.244 e. The maximum atomic E-state index is 12.6. The molecule has 1 aromatic carbocycles. The Labute approximate surface area is 123 Å². The molecule has 0 amide bonds. The van der Waals surface area contributed by atoms with Crippen LogP contribution >= 0.6 is 15.9 Å². The van der Waals surface area contributed by atoms with Crippen LogP contribution in [-0.4, -0.2) is 50.8 Å². The Morgan fingerprint density at radius 2 is 2.05 bits per heavy atom. The highest BCUT2D eigenvalue weighted by molar-refractivity contribution is 9.10. The maximum absolute atomic E-state index is 12.6. The molecule has 0 radical (unpaired) electrons. The van der Waals surface area contributed by atoms with Crippen LogP contribution in [0.15, 0.2) is 27.6 Å². The second-order valence-corrected chi connectivity index (χ2v) is 7.96. The van der Waals surface area contributed by atoms with E-state index in [1.165, 1.54) is 0 Å². The third-order valence-corrected chi connectivity index (χ3v) is 6.40. The van der Waals surface area contributed by atoms with Gasteiger partial charge in [-0.05, 0) is 61.1 Å². The van der Waals surface area contributed by atoms with Gasteiger partial charge in [-0.2, -0.15) is 4.31 Å². The van der Waals surface area contributed by atoms with E-state index in [0.717, 1.165) is 12.0 Å². The molecule has 0 aromatic heterocycles. The molecule has 2 rings (SSSR count). The first-order chi connectivity index (χ1) is 8.82. The predicted molar refractivity (Wildman–Crippen MR) is 79.7 cm³/mol. The Kier molecular flexibility index (Phi) is 4.35. The summed E-state index contributed by atoms with van der Waals surface area (Å²) in [6, 6.07) is 5.65. The number of benzene rings is 1. The molecule has 19 heavy (non-hydrogen) atoms. The molecule has 1 aliphatic rings. The van der Waals surface area contributed by atoms with Crippen molar-refractivity contribution in [2.45, 2.75) is 24.3 Å². The van der Waals surface area contributed by atoms with Crippen LogP contribution in [0.25, 0.3) is 0 Å². The number of likely N-dealkylation sites (N-methyl/N-ethyl adjacent to an activating group) is 1. The van der Waals surface area contributed by atoms with E-state index in [2.05, 4.69) is 20.8 Å². The van der Waals surface area contributed by atoms with Crippen molar-refractivity contribution in [1.29, 1.82) is 0 Å². The smallest absolute Gasteiger partial charge is 0.244 e. The van der Waals surface area contributed by atoms with E-state index < -0.39 is 10.0 Å². The van der Waals surface area contributed by atoms with Gasteiger partial charge in [0.2, 0.25) is 10.0 Å². The second-order valence-electron chi connectivity index (χ2n) is 5.20. The molecular formula is C13H19BrN2O2S. The number of hydrogen-bond acceptors (Lipinski definition) is 3. The molecule has 0 aliphatic carbocycles. The molecule has 1 fully saturated rings. The fourth-order valence-electron chi connectivity index (χ4n) is 2.30. The van der Waals surface area contributed by atoms with E-state index >= 15 is 0 Å². The SMILES string of the molecule is Cc1ccc(S(=O)(=O)N2CCC(N(C)C)C2)c(Br)c1. The molecule has 106 valence electrons. The quantitative estimate of drug-likeness (QED) is 0.841. The van der Waals surface area contributed by atoms with Gasteiger partial charge in [0, 0.05) is 23.6 Å². The third kappa shape index (κ3) is 3.02. The van der Waals surface area contributed by atoms with E-state index in [1.807, 2.05) is 33.2 Å². The normalized spacial score (nSPS) is 21.2. The van der Waals surface area contributed by atoms with Crippen molar-refractivity contribution >= 4 is 26.0 Å². The molecule has 0 bridgehead atoms. The zero-order valence-corrected chi connectivity index (χ0v) is 13.8. The predicted octanol–water partition coefficient (Wildman–Crippen LogP) is 2.08. The average molecular weight is 347 g/mol. The van der Waals surface area contributed by atoms with E-state index in [0.29, 0.717) is 28.5 Å². The van der Waals surface area contributed by atoms with Crippen molar-refractivity contribution in [3.8, 4) is 0 Å². The van der Waals surface area contributed by atoms with Crippen molar-refractivity contribution < 1.29 is 8.42 Å². The summed E-state index contributed by atoms with van der Waals surface area (Å²) in [7, 11) is 0.585. The summed E-state index contributed by atoms with van der Waals surface area (Å²) in [5, 5.41) is 0. The first kappa shape index (κ1) is 15.0. The van der Waals surface area contributed by atoms with Gasteiger partial charge in [-0.1, -0.05) is 6.07 Å². The fourth-order valence-corrected chi connectivity index (χ4v) is 4.95. The highest BCUT2D eigenvalue weighted by Gasteiger charge is 2.34. The lowest BCUT2D eigenvalue weighted by Crippen LogP contribution is -2.34. The Morgan fingerprint density at radius 3 is 2.58 bits per heavy atom. The van der Waals surface area contributed by atoms with Crippen LogP contribution in [0.5, 0.6) is 0 Å². The molecule has 0 N–H and O–H groups in total. The van der Waals surface area contributed by atoms with Crippen molar-refractivity contribution in [1.82, 2.24) is 9.21 Å². The zero-order chi connectivity index (χ0) is 14.2. The first-order valence-corrected chi connectivity index (χ1v) is 8.48. The summed E-state index contributed by atoms with van der Waals surface area (Å²) < 4.78 is 27.4. The number of nitrogens with zero attached hydrogens (tertiary/aromatic N) is 2. The zero-order valence-electron chi connectivity index (χ0n) is 11.4. The van der Waals surface area contributed by atoms with Gasteiger partial charge in [-0.3, -0.25) is 0 Å². The Balaban J connectivity index is 2.29. The minimum Gasteiger partial charge on any atom is -0.305 e. The summed E-state index contributed by atoms with van der Waals surface area (Å²) >= 11 is 3.36. The number of aryl methyl sites for hydroxylation is 1. The van der Waals surface area contributed by atoms with Gasteiger partial charge >= 0.3 is 0 Å². The lowest BCUT2D eigenvalue weighted by molar-refractivity contribution is 0.302. The minimum atomic E-state index is -3.39. The second kappa shape index (κ2) is 5.52. The van der Waals surface area contributed by atoms with Gasteiger partial charge < -0.3 is 4.90 Å². The highest BCUT2D eigenvalue weighted by Crippen LogP contribution is 2.28. The van der Waals surface area contributed by atoms with Crippen LogP contribution in [0.3, 0.4) is 0 Å². The molecule has 0 spiro atoms. The summed E-state index contributed by atoms with van der Waals surface area (Å²) in [4.78, 5) is 2.44. The van der Waals surface area contributed by atoms with Crippen LogP contribution < -0.4 is 0 Å². The Hall–Kier alpha value is -0.430. The van der Waals surface area contributed by atoms with Gasteiger partial charge in [-0.15, -0.1) is 0 Å². The van der Waals surface area contributed by atoms with Gasteiger partial charge in [-0.25, -0.2) is 8.42 Å². The third-order valence-electron chi connectivity index (χ3n) is 3.56. The monoisotopic (exact) mass is 346 g/mol. The topological polar surface area (TPSA) is 40.6 Å². The van der Waals surface area contributed by atoms with Gasteiger partial charge in [0.25, 0.3) is 0 Å². The lowest BCUT2D eigenvalue weighted by Gasteiger charge is -2.20. The van der Waals surface area contributed by atoms with Crippen molar-refractivity contribution in [3.05, 3.63) is 28.2 Å². The van der Waals surface area contributed by atoms with E-state index in [1.54, 1.807) is 10.4 Å². The Morgan fingerprint density at radius 1 is 1.37 bits per heavy atom. The van der Waals surface area contributed by atoms with Gasteiger partial charge in [0.15, 0.2) is 0 Å². The molecular weight excluding hydrogens is 328 g/mol. The van der Waals surface area contributed by atoms with Crippen molar-refractivity contribution in [2.75, 3.05) is 27.2 Å². The van der Waals surface area contributed by atoms with Crippen LogP contribution in [0, 0.1) is 6.92 Å². The number of hydrogen-bond donors (Lipinski definition) is 0. The summed E-state index contributed by atoms with van der Waals surface area (Å²) in [5.74, 6) is 0. The van der Waals surface area contributed by atoms with Crippen LogP contribution in [-0.2, 0) is 10.0 Å². The number of rotatable bonds is 3. The molecule has 1 aliphatic heterocycles. The fraction of sp³-hybridized carbons (Fsp3) is 0.538. The minimum absolute atomic E-state index is 0.305. The molecule has 1 unspecified atom stereocenters. The summed E-state index contributed by atoms with van der Waals surface area (Å²) in [5.41, 5.74) is 1.04. The molecule has 1 aromatic rings. The molecule has 0 saturated carbocycles. The standard InChI is InChI=1S/C13H19BrN2O2S/c1-10-4-5-13(12(14)8-10)19(17,18)16-7-6-11(9-16)15(2)3/h4-5,8,11H,6-7,9H2,1-3H3.